The predicted octanol–water partition coefficient (Wildman–Crippen LogP) is 3.27. The summed E-state index contributed by atoms with van der Waals surface area (Å²) in [5.41, 5.74) is 1.99. The van der Waals surface area contributed by atoms with E-state index < -0.39 is 0 Å². The van der Waals surface area contributed by atoms with Crippen LogP contribution in [-0.4, -0.2) is 76.7 Å². The van der Waals surface area contributed by atoms with Crippen LogP contribution in [0.15, 0.2) is 30.5 Å². The Morgan fingerprint density at radius 2 is 1.97 bits per heavy atom. The van der Waals surface area contributed by atoms with Gasteiger partial charge in [0, 0.05) is 49.2 Å². The number of aromatic nitrogens is 4. The molecular formula is C25H32N6O3. The number of carbonyl (C=O) groups is 1. The van der Waals surface area contributed by atoms with Crippen molar-refractivity contribution < 1.29 is 14.3 Å². The van der Waals surface area contributed by atoms with Crippen LogP contribution in [0.5, 0.6) is 6.01 Å². The summed E-state index contributed by atoms with van der Waals surface area (Å²) in [7, 11) is 3.63. The molecule has 1 saturated carbocycles. The maximum Gasteiger partial charge on any atom is 0.322 e. The lowest BCUT2D eigenvalue weighted by molar-refractivity contribution is -0.134. The number of hydrogen-bond acceptors (Lipinski definition) is 7. The van der Waals surface area contributed by atoms with Crippen molar-refractivity contribution in [2.24, 2.45) is 5.92 Å². The lowest BCUT2D eigenvalue weighted by Gasteiger charge is -2.33. The number of nitrogens with one attached hydrogen (secondary N) is 1. The quantitative estimate of drug-likeness (QED) is 0.619. The lowest BCUT2D eigenvalue weighted by Crippen LogP contribution is -2.44. The molecule has 9 nitrogen and oxygen atoms in total. The molecule has 0 spiro atoms. The Balaban J connectivity index is 1.41. The van der Waals surface area contributed by atoms with E-state index in [-0.39, 0.29) is 24.0 Å². The molecule has 1 N–H and O–H groups in total. The number of carbonyl (C=O) groups excluding carboxylic acids is 1. The number of aromatic amines is 1. The SMILES string of the molecule is C[C@H]1COCCN1c1nc(O[C@H]2CC[C@H](C(=O)N(C)C)CC2)nc(-c2ccc3[nH]ccc3c2)n1. The van der Waals surface area contributed by atoms with Crippen LogP contribution in [0.3, 0.4) is 0 Å². The van der Waals surface area contributed by atoms with Gasteiger partial charge >= 0.3 is 6.01 Å². The van der Waals surface area contributed by atoms with E-state index in [1.165, 1.54) is 0 Å². The Labute approximate surface area is 199 Å². The molecule has 1 amide bonds. The van der Waals surface area contributed by atoms with Crippen LogP contribution in [0, 0.1) is 5.92 Å². The fourth-order valence-corrected chi connectivity index (χ4v) is 4.81. The average Bonchev–Trinajstić information content (AvgIpc) is 3.32. The Morgan fingerprint density at radius 1 is 1.15 bits per heavy atom. The number of hydrogen-bond donors (Lipinski definition) is 1. The van der Waals surface area contributed by atoms with E-state index in [4.69, 9.17) is 24.4 Å². The molecule has 0 unspecified atom stereocenters. The van der Waals surface area contributed by atoms with Crippen molar-refractivity contribution in [1.29, 1.82) is 0 Å². The van der Waals surface area contributed by atoms with Crippen LogP contribution in [-0.2, 0) is 9.53 Å². The van der Waals surface area contributed by atoms with Crippen LogP contribution in [0.1, 0.15) is 32.6 Å². The molecule has 2 aliphatic rings. The van der Waals surface area contributed by atoms with Crippen LogP contribution >= 0.6 is 0 Å². The minimum absolute atomic E-state index is 0.0106. The number of ether oxygens (including phenoxy) is 2. The highest BCUT2D eigenvalue weighted by Crippen LogP contribution is 2.30. The van der Waals surface area contributed by atoms with Gasteiger partial charge in [0.25, 0.3) is 0 Å². The molecule has 3 aromatic rings. The van der Waals surface area contributed by atoms with Gasteiger partial charge in [-0.2, -0.15) is 15.0 Å². The van der Waals surface area contributed by atoms with E-state index in [1.54, 1.807) is 4.90 Å². The third-order valence-corrected chi connectivity index (χ3v) is 6.78. The van der Waals surface area contributed by atoms with Crippen LogP contribution in [0.2, 0.25) is 0 Å². The molecule has 1 aliphatic carbocycles. The van der Waals surface area contributed by atoms with E-state index >= 15 is 0 Å². The van der Waals surface area contributed by atoms with Gasteiger partial charge in [0.1, 0.15) is 6.10 Å². The number of H-pyrrole nitrogens is 1. The van der Waals surface area contributed by atoms with E-state index in [2.05, 4.69) is 22.9 Å². The van der Waals surface area contributed by atoms with Crippen molar-refractivity contribution in [2.75, 3.05) is 38.8 Å². The molecule has 2 fully saturated rings. The molecule has 3 heterocycles. The molecule has 2 aromatic heterocycles. The van der Waals surface area contributed by atoms with Gasteiger partial charge in [-0.3, -0.25) is 4.79 Å². The van der Waals surface area contributed by atoms with Crippen molar-refractivity contribution >= 4 is 22.8 Å². The van der Waals surface area contributed by atoms with Gasteiger partial charge in [-0.1, -0.05) is 0 Å². The Bertz CT molecular complexity index is 1150. The van der Waals surface area contributed by atoms with Crippen molar-refractivity contribution in [1.82, 2.24) is 24.8 Å². The second kappa shape index (κ2) is 9.58. The maximum absolute atomic E-state index is 12.3. The summed E-state index contributed by atoms with van der Waals surface area (Å²) in [6.45, 7) is 4.11. The molecule has 0 radical (unpaired) electrons. The lowest BCUT2D eigenvalue weighted by atomic mass is 9.86. The Hall–Kier alpha value is -3.20. The number of anilines is 1. The van der Waals surface area contributed by atoms with Gasteiger partial charge in [0.05, 0.1) is 19.3 Å². The number of amides is 1. The summed E-state index contributed by atoms with van der Waals surface area (Å²) in [6.07, 6.45) is 5.17. The Morgan fingerprint density at radius 3 is 2.74 bits per heavy atom. The highest BCUT2D eigenvalue weighted by atomic mass is 16.5. The van der Waals surface area contributed by atoms with Gasteiger partial charge in [-0.15, -0.1) is 0 Å². The normalized spacial score (nSPS) is 23.1. The van der Waals surface area contributed by atoms with Crippen molar-refractivity contribution in [3.05, 3.63) is 30.5 Å². The minimum atomic E-state index is -0.0106. The highest BCUT2D eigenvalue weighted by molar-refractivity contribution is 5.84. The summed E-state index contributed by atoms with van der Waals surface area (Å²) < 4.78 is 11.9. The summed E-state index contributed by atoms with van der Waals surface area (Å²) in [5, 5.41) is 1.10. The summed E-state index contributed by atoms with van der Waals surface area (Å²) in [4.78, 5) is 33.6. The summed E-state index contributed by atoms with van der Waals surface area (Å²) in [6, 6.07) is 8.68. The fraction of sp³-hybridized carbons (Fsp3) is 0.520. The van der Waals surface area contributed by atoms with Crippen molar-refractivity contribution in [2.45, 2.75) is 44.8 Å². The molecule has 1 aliphatic heterocycles. The molecule has 9 heteroatoms. The van der Waals surface area contributed by atoms with Crippen molar-refractivity contribution in [3.63, 3.8) is 0 Å². The first-order valence-electron chi connectivity index (χ1n) is 12.0. The first-order chi connectivity index (χ1) is 16.5. The third kappa shape index (κ3) is 4.70. The van der Waals surface area contributed by atoms with Crippen molar-refractivity contribution in [3.8, 4) is 17.4 Å². The summed E-state index contributed by atoms with van der Waals surface area (Å²) >= 11 is 0. The number of benzene rings is 1. The molecule has 1 aromatic carbocycles. The van der Waals surface area contributed by atoms with E-state index in [0.29, 0.717) is 31.0 Å². The van der Waals surface area contributed by atoms with E-state index in [0.717, 1.165) is 48.7 Å². The number of morpholine rings is 1. The molecule has 1 atom stereocenters. The Kier molecular flexibility index (Phi) is 6.36. The van der Waals surface area contributed by atoms with E-state index in [1.807, 2.05) is 38.5 Å². The molecule has 180 valence electrons. The van der Waals surface area contributed by atoms with Gasteiger partial charge in [-0.25, -0.2) is 0 Å². The second-order valence-corrected chi connectivity index (χ2v) is 9.46. The molecular weight excluding hydrogens is 432 g/mol. The number of nitrogens with zero attached hydrogens (tertiary/aromatic N) is 5. The first kappa shape index (κ1) is 22.6. The smallest absolute Gasteiger partial charge is 0.322 e. The van der Waals surface area contributed by atoms with Gasteiger partial charge in [0.2, 0.25) is 11.9 Å². The highest BCUT2D eigenvalue weighted by Gasteiger charge is 2.29. The standard InChI is InChI=1S/C25H32N6O3/c1-16-15-33-13-12-31(16)24-27-22(19-6-9-21-18(14-19)10-11-26-21)28-25(29-24)34-20-7-4-17(5-8-20)23(32)30(2)3/h6,9-11,14,16-17,20,26H,4-5,7-8,12-13,15H2,1-3H3/t16-,17-,20-/m0/s1. The van der Waals surface area contributed by atoms with Crippen LogP contribution < -0.4 is 9.64 Å². The largest absolute Gasteiger partial charge is 0.460 e. The molecule has 1 saturated heterocycles. The monoisotopic (exact) mass is 464 g/mol. The minimum Gasteiger partial charge on any atom is -0.460 e. The van der Waals surface area contributed by atoms with Gasteiger partial charge in [-0.05, 0) is 56.9 Å². The topological polar surface area (TPSA) is 96.5 Å². The fourth-order valence-electron chi connectivity index (χ4n) is 4.81. The zero-order chi connectivity index (χ0) is 23.7. The molecule has 34 heavy (non-hydrogen) atoms. The number of fused-ring (bicyclic) bond motifs is 1. The summed E-state index contributed by atoms with van der Waals surface area (Å²) in [5.74, 6) is 1.48. The van der Waals surface area contributed by atoms with Gasteiger partial charge < -0.3 is 24.3 Å². The van der Waals surface area contributed by atoms with Crippen LogP contribution in [0.25, 0.3) is 22.3 Å². The molecule has 0 bridgehead atoms. The zero-order valence-corrected chi connectivity index (χ0v) is 20.0. The second-order valence-electron chi connectivity index (χ2n) is 9.46. The third-order valence-electron chi connectivity index (χ3n) is 6.78. The average molecular weight is 465 g/mol. The molecule has 5 rings (SSSR count). The predicted molar refractivity (Wildman–Crippen MR) is 130 cm³/mol. The first-order valence-corrected chi connectivity index (χ1v) is 12.0. The van der Waals surface area contributed by atoms with Gasteiger partial charge in [0.15, 0.2) is 5.82 Å². The maximum atomic E-state index is 12.3. The zero-order valence-electron chi connectivity index (χ0n) is 20.0. The van der Waals surface area contributed by atoms with E-state index in [9.17, 15) is 4.79 Å². The van der Waals surface area contributed by atoms with Crippen LogP contribution in [0.4, 0.5) is 5.95 Å². The number of rotatable bonds is 5.